The SMILES string of the molecule is C#CCCc1nc(CCC(C)C)nn1Cc1ccc(-c2ccccc2C(=O)O)cc1. The number of aromatic nitrogens is 3. The summed E-state index contributed by atoms with van der Waals surface area (Å²) in [5.74, 6) is 4.13. The fourth-order valence-electron chi connectivity index (χ4n) is 3.33. The minimum atomic E-state index is -0.927. The summed E-state index contributed by atoms with van der Waals surface area (Å²) in [5, 5.41) is 14.1. The standard InChI is InChI=1S/C25H27N3O2/c1-4-5-10-24-26-23(16-11-18(2)3)27-28(24)17-19-12-14-20(15-13-19)21-8-6-7-9-22(21)25(29)30/h1,6-9,12-15,18H,5,10-11,16-17H2,2-3H3,(H,29,30). The van der Waals surface area contributed by atoms with E-state index in [1.807, 2.05) is 41.1 Å². The quantitative estimate of drug-likeness (QED) is 0.521. The third kappa shape index (κ3) is 5.36. The first kappa shape index (κ1) is 21.3. The molecular formula is C25H27N3O2. The van der Waals surface area contributed by atoms with Crippen LogP contribution < -0.4 is 0 Å². The summed E-state index contributed by atoms with van der Waals surface area (Å²) in [5.41, 5.74) is 2.96. The summed E-state index contributed by atoms with van der Waals surface area (Å²) in [6.07, 6.45) is 8.69. The van der Waals surface area contributed by atoms with Crippen LogP contribution in [0.3, 0.4) is 0 Å². The Kier molecular flexibility index (Phi) is 7.03. The van der Waals surface area contributed by atoms with Gasteiger partial charge in [0.05, 0.1) is 12.1 Å². The average Bonchev–Trinajstić information content (AvgIpc) is 3.12. The summed E-state index contributed by atoms with van der Waals surface area (Å²) in [6.45, 7) is 5.00. The predicted octanol–water partition coefficient (Wildman–Crippen LogP) is 4.85. The van der Waals surface area contributed by atoms with Crippen LogP contribution in [0.4, 0.5) is 0 Å². The first-order valence-electron chi connectivity index (χ1n) is 10.3. The number of carboxylic acid groups (broad SMARTS) is 1. The molecule has 0 fully saturated rings. The Morgan fingerprint density at radius 3 is 2.53 bits per heavy atom. The molecule has 3 aromatic rings. The van der Waals surface area contributed by atoms with E-state index in [2.05, 4.69) is 19.8 Å². The normalized spacial score (nSPS) is 10.9. The Labute approximate surface area is 177 Å². The largest absolute Gasteiger partial charge is 0.478 e. The van der Waals surface area contributed by atoms with Gasteiger partial charge < -0.3 is 5.11 Å². The maximum atomic E-state index is 11.5. The van der Waals surface area contributed by atoms with Crippen molar-refractivity contribution in [3.8, 4) is 23.5 Å². The van der Waals surface area contributed by atoms with Gasteiger partial charge in [-0.05, 0) is 35.1 Å². The lowest BCUT2D eigenvalue weighted by Crippen LogP contribution is -2.07. The lowest BCUT2D eigenvalue weighted by atomic mass is 9.99. The molecule has 5 heteroatoms. The molecule has 1 aromatic heterocycles. The van der Waals surface area contributed by atoms with Crippen molar-refractivity contribution in [3.63, 3.8) is 0 Å². The number of hydrogen-bond acceptors (Lipinski definition) is 3. The number of carboxylic acids is 1. The Balaban J connectivity index is 1.81. The van der Waals surface area contributed by atoms with E-state index in [1.165, 1.54) is 0 Å². The fourth-order valence-corrected chi connectivity index (χ4v) is 3.33. The molecule has 30 heavy (non-hydrogen) atoms. The topological polar surface area (TPSA) is 68.0 Å². The van der Waals surface area contributed by atoms with E-state index in [4.69, 9.17) is 16.5 Å². The zero-order valence-corrected chi connectivity index (χ0v) is 17.5. The number of terminal acetylenes is 1. The molecule has 1 heterocycles. The van der Waals surface area contributed by atoms with Crippen molar-refractivity contribution in [2.45, 2.75) is 46.1 Å². The van der Waals surface area contributed by atoms with Crippen LogP contribution in [0.15, 0.2) is 48.5 Å². The van der Waals surface area contributed by atoms with E-state index in [0.717, 1.165) is 35.6 Å². The second kappa shape index (κ2) is 9.89. The van der Waals surface area contributed by atoms with Gasteiger partial charge in [-0.15, -0.1) is 12.3 Å². The van der Waals surface area contributed by atoms with Gasteiger partial charge in [0.15, 0.2) is 5.82 Å². The summed E-state index contributed by atoms with van der Waals surface area (Å²) in [4.78, 5) is 16.2. The summed E-state index contributed by atoms with van der Waals surface area (Å²) in [7, 11) is 0. The highest BCUT2D eigenvalue weighted by Crippen LogP contribution is 2.24. The number of benzene rings is 2. The summed E-state index contributed by atoms with van der Waals surface area (Å²) >= 11 is 0. The van der Waals surface area contributed by atoms with Crippen LogP contribution in [0.5, 0.6) is 0 Å². The maximum absolute atomic E-state index is 11.5. The van der Waals surface area contributed by atoms with Crippen molar-refractivity contribution in [3.05, 3.63) is 71.3 Å². The first-order valence-corrected chi connectivity index (χ1v) is 10.3. The molecule has 0 spiro atoms. The van der Waals surface area contributed by atoms with Gasteiger partial charge in [-0.1, -0.05) is 56.3 Å². The van der Waals surface area contributed by atoms with Gasteiger partial charge in [0.2, 0.25) is 0 Å². The molecule has 0 amide bonds. The molecular weight excluding hydrogens is 374 g/mol. The number of aromatic carboxylic acids is 1. The van der Waals surface area contributed by atoms with Gasteiger partial charge in [0, 0.05) is 19.3 Å². The molecule has 0 aliphatic carbocycles. The minimum absolute atomic E-state index is 0.299. The van der Waals surface area contributed by atoms with Gasteiger partial charge in [0.1, 0.15) is 5.82 Å². The van der Waals surface area contributed by atoms with Crippen LogP contribution in [0.1, 0.15) is 54.3 Å². The molecule has 0 saturated heterocycles. The van der Waals surface area contributed by atoms with Crippen molar-refractivity contribution < 1.29 is 9.90 Å². The molecule has 1 N–H and O–H groups in total. The second-order valence-corrected chi connectivity index (χ2v) is 7.79. The third-order valence-corrected chi connectivity index (χ3v) is 4.99. The van der Waals surface area contributed by atoms with E-state index < -0.39 is 5.97 Å². The van der Waals surface area contributed by atoms with Crippen molar-refractivity contribution >= 4 is 5.97 Å². The van der Waals surface area contributed by atoms with Crippen LogP contribution in [-0.2, 0) is 19.4 Å². The van der Waals surface area contributed by atoms with Crippen molar-refractivity contribution in [1.82, 2.24) is 14.8 Å². The van der Waals surface area contributed by atoms with E-state index in [-0.39, 0.29) is 0 Å². The van der Waals surface area contributed by atoms with Crippen LogP contribution in [0.25, 0.3) is 11.1 Å². The lowest BCUT2D eigenvalue weighted by molar-refractivity contribution is 0.0697. The Bertz CT molecular complexity index is 1040. The highest BCUT2D eigenvalue weighted by atomic mass is 16.4. The Hall–Kier alpha value is -3.39. The molecule has 0 bridgehead atoms. The van der Waals surface area contributed by atoms with Gasteiger partial charge in [-0.3, -0.25) is 0 Å². The third-order valence-electron chi connectivity index (χ3n) is 4.99. The van der Waals surface area contributed by atoms with Gasteiger partial charge in [-0.2, -0.15) is 5.10 Å². The lowest BCUT2D eigenvalue weighted by Gasteiger charge is -2.09. The molecule has 0 radical (unpaired) electrons. The van der Waals surface area contributed by atoms with E-state index in [1.54, 1.807) is 12.1 Å². The molecule has 3 rings (SSSR count). The molecule has 0 atom stereocenters. The van der Waals surface area contributed by atoms with Crippen molar-refractivity contribution in [1.29, 1.82) is 0 Å². The number of aryl methyl sites for hydroxylation is 2. The van der Waals surface area contributed by atoms with E-state index >= 15 is 0 Å². The highest BCUT2D eigenvalue weighted by molar-refractivity contribution is 5.95. The number of hydrogen-bond donors (Lipinski definition) is 1. The molecule has 0 aliphatic rings. The van der Waals surface area contributed by atoms with Gasteiger partial charge in [-0.25, -0.2) is 14.5 Å². The molecule has 5 nitrogen and oxygen atoms in total. The Morgan fingerprint density at radius 2 is 1.87 bits per heavy atom. The summed E-state index contributed by atoms with van der Waals surface area (Å²) < 4.78 is 1.94. The highest BCUT2D eigenvalue weighted by Gasteiger charge is 2.13. The molecule has 0 saturated carbocycles. The van der Waals surface area contributed by atoms with E-state index in [0.29, 0.717) is 36.4 Å². The molecule has 0 aliphatic heterocycles. The zero-order valence-electron chi connectivity index (χ0n) is 17.5. The van der Waals surface area contributed by atoms with Gasteiger partial charge in [0.25, 0.3) is 0 Å². The molecule has 2 aromatic carbocycles. The van der Waals surface area contributed by atoms with Crippen LogP contribution in [0, 0.1) is 18.3 Å². The van der Waals surface area contributed by atoms with Crippen LogP contribution in [0.2, 0.25) is 0 Å². The van der Waals surface area contributed by atoms with Crippen molar-refractivity contribution in [2.75, 3.05) is 0 Å². The minimum Gasteiger partial charge on any atom is -0.478 e. The predicted molar refractivity (Wildman–Crippen MR) is 118 cm³/mol. The van der Waals surface area contributed by atoms with Gasteiger partial charge >= 0.3 is 5.97 Å². The number of rotatable bonds is 9. The molecule has 154 valence electrons. The Morgan fingerprint density at radius 1 is 1.13 bits per heavy atom. The first-order chi connectivity index (χ1) is 14.5. The molecule has 0 unspecified atom stereocenters. The average molecular weight is 402 g/mol. The smallest absolute Gasteiger partial charge is 0.336 e. The number of nitrogens with zero attached hydrogens (tertiary/aromatic N) is 3. The second-order valence-electron chi connectivity index (χ2n) is 7.79. The van der Waals surface area contributed by atoms with Crippen molar-refractivity contribution in [2.24, 2.45) is 5.92 Å². The summed E-state index contributed by atoms with van der Waals surface area (Å²) in [6, 6.07) is 15.0. The van der Waals surface area contributed by atoms with Crippen LogP contribution >= 0.6 is 0 Å². The zero-order chi connectivity index (χ0) is 21.5. The maximum Gasteiger partial charge on any atom is 0.336 e. The monoisotopic (exact) mass is 401 g/mol. The fraction of sp³-hybridized carbons (Fsp3) is 0.320. The number of carbonyl (C=O) groups is 1. The van der Waals surface area contributed by atoms with Crippen LogP contribution in [-0.4, -0.2) is 25.8 Å². The van der Waals surface area contributed by atoms with E-state index in [9.17, 15) is 9.90 Å².